The number of rotatable bonds is 6. The Bertz CT molecular complexity index is 354. The van der Waals surface area contributed by atoms with Crippen LogP contribution in [0.3, 0.4) is 0 Å². The average molecular weight is 265 g/mol. The highest BCUT2D eigenvalue weighted by Crippen LogP contribution is 2.06. The van der Waals surface area contributed by atoms with Crippen molar-refractivity contribution in [2.75, 3.05) is 37.7 Å². The average Bonchev–Trinajstić information content (AvgIpc) is 2.29. The topological polar surface area (TPSA) is 83.9 Å². The van der Waals surface area contributed by atoms with Crippen molar-refractivity contribution in [3.8, 4) is 0 Å². The predicted octanol–water partition coefficient (Wildman–Crippen LogP) is -0.403. The zero-order valence-corrected chi connectivity index (χ0v) is 10.8. The lowest BCUT2D eigenvalue weighted by molar-refractivity contribution is -0.156. The van der Waals surface area contributed by atoms with E-state index < -0.39 is 21.9 Å². The van der Waals surface area contributed by atoms with Crippen LogP contribution >= 0.6 is 0 Å². The number of carbonyl (C=O) groups is 1. The Balaban J connectivity index is 2.30. The molecule has 1 heterocycles. The van der Waals surface area contributed by atoms with Gasteiger partial charge in [-0.25, -0.2) is 13.2 Å². The van der Waals surface area contributed by atoms with E-state index in [0.717, 1.165) is 0 Å². The highest BCUT2D eigenvalue weighted by Gasteiger charge is 2.25. The van der Waals surface area contributed by atoms with E-state index in [-0.39, 0.29) is 11.5 Å². The van der Waals surface area contributed by atoms with Gasteiger partial charge >= 0.3 is 5.97 Å². The van der Waals surface area contributed by atoms with Crippen LogP contribution in [0.15, 0.2) is 0 Å². The first kappa shape index (κ1) is 14.4. The molecule has 0 amide bonds. The maximum atomic E-state index is 11.3. The van der Waals surface area contributed by atoms with Crippen molar-refractivity contribution in [3.05, 3.63) is 0 Å². The van der Waals surface area contributed by atoms with Crippen LogP contribution in [0.5, 0.6) is 0 Å². The molecule has 0 bridgehead atoms. The third-order valence-electron chi connectivity index (χ3n) is 2.80. The van der Waals surface area contributed by atoms with Gasteiger partial charge in [-0.1, -0.05) is 6.92 Å². The third-order valence-corrected chi connectivity index (χ3v) is 4.59. The fourth-order valence-corrected chi connectivity index (χ4v) is 2.57. The van der Waals surface area contributed by atoms with Crippen LogP contribution in [0.1, 0.15) is 13.3 Å². The van der Waals surface area contributed by atoms with Gasteiger partial charge in [-0.2, -0.15) is 0 Å². The number of carboxylic acid groups (broad SMARTS) is 1. The third kappa shape index (κ3) is 5.01. The number of ether oxygens (including phenoxy) is 1. The van der Waals surface area contributed by atoms with E-state index in [4.69, 9.17) is 9.84 Å². The summed E-state index contributed by atoms with van der Waals surface area (Å²) >= 11 is 0. The minimum atomic E-state index is -2.92. The van der Waals surface area contributed by atoms with Crippen LogP contribution in [-0.2, 0) is 19.4 Å². The molecule has 1 atom stereocenters. The smallest absolute Gasteiger partial charge is 0.334 e. The number of hydrogen-bond acceptors (Lipinski definition) is 5. The first-order valence-corrected chi connectivity index (χ1v) is 7.54. The Kier molecular flexibility index (Phi) is 5.35. The lowest BCUT2D eigenvalue weighted by Gasteiger charge is -2.30. The molecule has 0 saturated carbocycles. The Morgan fingerprint density at radius 2 is 2.24 bits per heavy atom. The largest absolute Gasteiger partial charge is 0.479 e. The first-order valence-electron chi connectivity index (χ1n) is 5.72. The molecular weight excluding hydrogens is 246 g/mol. The van der Waals surface area contributed by atoms with E-state index in [1.807, 2.05) is 4.90 Å². The number of nitrogens with zero attached hydrogens (tertiary/aromatic N) is 1. The van der Waals surface area contributed by atoms with Crippen LogP contribution in [0.4, 0.5) is 0 Å². The predicted molar refractivity (Wildman–Crippen MR) is 62.8 cm³/mol. The molecule has 7 heteroatoms. The van der Waals surface area contributed by atoms with Gasteiger partial charge in [0.05, 0.1) is 12.4 Å². The van der Waals surface area contributed by atoms with Crippen LogP contribution in [0, 0.1) is 0 Å². The first-order chi connectivity index (χ1) is 7.94. The molecule has 1 N–H and O–H groups in total. The van der Waals surface area contributed by atoms with Crippen molar-refractivity contribution in [2.45, 2.75) is 19.4 Å². The summed E-state index contributed by atoms with van der Waals surface area (Å²) in [5, 5.41) is 8.80. The van der Waals surface area contributed by atoms with Gasteiger partial charge in [0, 0.05) is 18.8 Å². The summed E-state index contributed by atoms with van der Waals surface area (Å²) in [6.07, 6.45) is -0.241. The number of morpholine rings is 1. The maximum absolute atomic E-state index is 11.3. The van der Waals surface area contributed by atoms with Gasteiger partial charge in [-0.3, -0.25) is 4.90 Å². The number of sulfone groups is 1. The van der Waals surface area contributed by atoms with E-state index in [9.17, 15) is 13.2 Å². The molecule has 1 unspecified atom stereocenters. The molecule has 0 aromatic heterocycles. The molecule has 0 aromatic carbocycles. The highest BCUT2D eigenvalue weighted by atomic mass is 32.2. The Labute approximate surface area is 101 Å². The molecule has 1 saturated heterocycles. The summed E-state index contributed by atoms with van der Waals surface area (Å²) in [5.74, 6) is -0.636. The van der Waals surface area contributed by atoms with Gasteiger partial charge in [0.15, 0.2) is 6.10 Å². The zero-order valence-electron chi connectivity index (χ0n) is 9.96. The molecule has 0 aromatic rings. The summed E-state index contributed by atoms with van der Waals surface area (Å²) in [6.45, 7) is 3.62. The monoisotopic (exact) mass is 265 g/mol. The van der Waals surface area contributed by atoms with Gasteiger partial charge in [0.1, 0.15) is 9.84 Å². The molecule has 0 spiro atoms. The van der Waals surface area contributed by atoms with Crippen LogP contribution in [0.25, 0.3) is 0 Å². The van der Waals surface area contributed by atoms with Gasteiger partial charge in [-0.05, 0) is 13.0 Å². The summed E-state index contributed by atoms with van der Waals surface area (Å²) in [7, 11) is -2.92. The summed E-state index contributed by atoms with van der Waals surface area (Å²) in [5.41, 5.74) is 0. The van der Waals surface area contributed by atoms with E-state index >= 15 is 0 Å². The maximum Gasteiger partial charge on any atom is 0.334 e. The normalized spacial score (nSPS) is 22.5. The number of aliphatic carboxylic acids is 1. The number of hydrogen-bond donors (Lipinski definition) is 1. The van der Waals surface area contributed by atoms with E-state index in [0.29, 0.717) is 32.7 Å². The highest BCUT2D eigenvalue weighted by molar-refractivity contribution is 7.91. The standard InChI is InChI=1S/C10H19NO5S/c1-2-17(14,15)7-3-4-11-5-6-16-9(8-11)10(12)13/h9H,2-8H2,1H3,(H,12,13). The summed E-state index contributed by atoms with van der Waals surface area (Å²) < 4.78 is 27.6. The molecule has 1 rings (SSSR count). The SMILES string of the molecule is CCS(=O)(=O)CCCN1CCOC(C(=O)O)C1. The molecule has 0 radical (unpaired) electrons. The van der Waals surface area contributed by atoms with Crippen LogP contribution in [0.2, 0.25) is 0 Å². The summed E-state index contributed by atoms with van der Waals surface area (Å²) in [6, 6.07) is 0. The second kappa shape index (κ2) is 6.32. The van der Waals surface area contributed by atoms with Gasteiger partial charge in [-0.15, -0.1) is 0 Å². The van der Waals surface area contributed by atoms with Crippen molar-refractivity contribution in [3.63, 3.8) is 0 Å². The van der Waals surface area contributed by atoms with Crippen molar-refractivity contribution >= 4 is 15.8 Å². The fraction of sp³-hybridized carbons (Fsp3) is 0.900. The Hall–Kier alpha value is -0.660. The molecule has 100 valence electrons. The van der Waals surface area contributed by atoms with Crippen LogP contribution in [-0.4, -0.2) is 68.2 Å². The lowest BCUT2D eigenvalue weighted by atomic mass is 10.2. The Morgan fingerprint density at radius 3 is 2.82 bits per heavy atom. The number of carboxylic acids is 1. The quantitative estimate of drug-likeness (QED) is 0.703. The second-order valence-corrected chi connectivity index (χ2v) is 6.56. The van der Waals surface area contributed by atoms with Crippen molar-refractivity contribution < 1.29 is 23.1 Å². The zero-order chi connectivity index (χ0) is 12.9. The van der Waals surface area contributed by atoms with E-state index in [2.05, 4.69) is 0 Å². The van der Waals surface area contributed by atoms with Crippen molar-refractivity contribution in [2.24, 2.45) is 0 Å². The van der Waals surface area contributed by atoms with Crippen molar-refractivity contribution in [1.29, 1.82) is 0 Å². The van der Waals surface area contributed by atoms with Crippen molar-refractivity contribution in [1.82, 2.24) is 4.90 Å². The van der Waals surface area contributed by atoms with E-state index in [1.54, 1.807) is 6.92 Å². The molecule has 6 nitrogen and oxygen atoms in total. The molecule has 1 fully saturated rings. The fourth-order valence-electron chi connectivity index (χ4n) is 1.71. The minimum absolute atomic E-state index is 0.161. The molecule has 1 aliphatic rings. The van der Waals surface area contributed by atoms with E-state index in [1.165, 1.54) is 0 Å². The summed E-state index contributed by atoms with van der Waals surface area (Å²) in [4.78, 5) is 12.7. The molecular formula is C10H19NO5S. The van der Waals surface area contributed by atoms with Gasteiger partial charge < -0.3 is 9.84 Å². The lowest BCUT2D eigenvalue weighted by Crippen LogP contribution is -2.46. The van der Waals surface area contributed by atoms with Gasteiger partial charge in [0.25, 0.3) is 0 Å². The molecule has 17 heavy (non-hydrogen) atoms. The molecule has 0 aliphatic carbocycles. The minimum Gasteiger partial charge on any atom is -0.479 e. The van der Waals surface area contributed by atoms with Crippen LogP contribution < -0.4 is 0 Å². The molecule has 1 aliphatic heterocycles. The second-order valence-electron chi connectivity index (χ2n) is 4.09. The Morgan fingerprint density at radius 1 is 1.53 bits per heavy atom. The van der Waals surface area contributed by atoms with Gasteiger partial charge in [0.2, 0.25) is 0 Å².